The quantitative estimate of drug-likeness (QED) is 0.165. The first-order valence-corrected chi connectivity index (χ1v) is 13.9. The fraction of sp³-hybridized carbons (Fsp3) is 0.0769. The summed E-state index contributed by atoms with van der Waals surface area (Å²) in [5.41, 5.74) is 8.48. The summed E-state index contributed by atoms with van der Waals surface area (Å²) in [5.74, 6) is 0.116. The third-order valence-electron chi connectivity index (χ3n) is 6.97. The van der Waals surface area contributed by atoms with E-state index in [0.29, 0.717) is 5.58 Å². The molecule has 3 nitrogen and oxygen atoms in total. The van der Waals surface area contributed by atoms with Crippen LogP contribution in [0, 0.1) is 12.1 Å². The maximum atomic E-state index is 8.38. The number of nitrogens with zero attached hydrogens (tertiary/aromatic N) is 2. The molecule has 1 radical (unpaired) electrons. The zero-order valence-electron chi connectivity index (χ0n) is 24.9. The van der Waals surface area contributed by atoms with Gasteiger partial charge in [-0.05, 0) is 41.0 Å². The van der Waals surface area contributed by atoms with Gasteiger partial charge in [0.2, 0.25) is 0 Å². The van der Waals surface area contributed by atoms with E-state index in [1.54, 1.807) is 12.4 Å². The molecule has 0 N–H and O–H groups in total. The fourth-order valence-corrected chi connectivity index (χ4v) is 4.77. The Morgan fingerprint density at radius 1 is 0.674 bits per heavy atom. The van der Waals surface area contributed by atoms with Gasteiger partial charge in [-0.25, -0.2) is 0 Å². The molecule has 0 bridgehead atoms. The van der Waals surface area contributed by atoms with Crippen molar-refractivity contribution in [3.63, 3.8) is 0 Å². The van der Waals surface area contributed by atoms with E-state index in [2.05, 4.69) is 46.4 Å². The number of aromatic nitrogens is 2. The van der Waals surface area contributed by atoms with Crippen LogP contribution in [0.25, 0.3) is 55.9 Å². The van der Waals surface area contributed by atoms with Crippen molar-refractivity contribution in [1.29, 1.82) is 0 Å². The SMILES string of the molecule is [2H]C(C)(C)c1ccnc(-c2[c-]c3oc(-c4ccccc4)cc3c(-c3ccccc3)c2)c1.[Ir].[c-]1ccccc1-c1ccccn1. The standard InChI is InChI=1S/C28H22NO.C11H8N.Ir/c1-19(2)22-13-14-29-26(16-22)23-15-24(20-9-5-3-6-10-20)25-18-27(30-28(25)17-23)21-11-7-4-8-12-21;1-2-6-10(7-3-1)11-8-4-5-9-12-11;/h3-16,18-19H,1-2H3;1-6,8-9H;/q2*-1;/i19D;;. The van der Waals surface area contributed by atoms with Gasteiger partial charge in [0.05, 0.1) is 5.58 Å². The molecule has 7 aromatic rings. The van der Waals surface area contributed by atoms with Gasteiger partial charge in [0.25, 0.3) is 0 Å². The van der Waals surface area contributed by atoms with Crippen molar-refractivity contribution >= 4 is 11.0 Å². The molecule has 0 atom stereocenters. The minimum absolute atomic E-state index is 0. The van der Waals surface area contributed by atoms with Crippen molar-refractivity contribution < 1.29 is 25.9 Å². The maximum absolute atomic E-state index is 8.38. The molecule has 43 heavy (non-hydrogen) atoms. The van der Waals surface area contributed by atoms with Crippen molar-refractivity contribution in [2.45, 2.75) is 19.7 Å². The Balaban J connectivity index is 0.000000248. The van der Waals surface area contributed by atoms with Crippen LogP contribution in [0.2, 0.25) is 0 Å². The van der Waals surface area contributed by atoms with Crippen LogP contribution in [0.3, 0.4) is 0 Å². The molecule has 3 heterocycles. The Morgan fingerprint density at radius 2 is 1.37 bits per heavy atom. The van der Waals surface area contributed by atoms with E-state index in [0.717, 1.165) is 55.9 Å². The molecule has 0 fully saturated rings. The van der Waals surface area contributed by atoms with Crippen LogP contribution in [0.15, 0.2) is 144 Å². The Kier molecular flexibility index (Phi) is 9.29. The largest absolute Gasteiger partial charge is 0.477 e. The zero-order valence-corrected chi connectivity index (χ0v) is 26.3. The third-order valence-corrected chi connectivity index (χ3v) is 6.97. The second kappa shape index (κ2) is 14.0. The summed E-state index contributed by atoms with van der Waals surface area (Å²) in [6.07, 6.45) is 3.55. The molecule has 0 aliphatic carbocycles. The monoisotopic (exact) mass is 736 g/mol. The molecule has 7 rings (SSSR count). The Morgan fingerprint density at radius 3 is 2.05 bits per heavy atom. The summed E-state index contributed by atoms with van der Waals surface area (Å²) in [6, 6.07) is 48.7. The average Bonchev–Trinajstić information content (AvgIpc) is 3.51. The van der Waals surface area contributed by atoms with E-state index in [1.807, 2.05) is 117 Å². The van der Waals surface area contributed by atoms with Gasteiger partial charge in [0.1, 0.15) is 5.76 Å². The summed E-state index contributed by atoms with van der Waals surface area (Å²) < 4.78 is 14.6. The van der Waals surface area contributed by atoms with Crippen LogP contribution >= 0.6 is 0 Å². The number of benzene rings is 4. The fourth-order valence-electron chi connectivity index (χ4n) is 4.77. The molecule has 0 amide bonds. The van der Waals surface area contributed by atoms with Gasteiger partial charge in [-0.1, -0.05) is 115 Å². The molecule has 213 valence electrons. The third kappa shape index (κ3) is 7.06. The van der Waals surface area contributed by atoms with Crippen LogP contribution in [0.1, 0.15) is 26.7 Å². The average molecular weight is 736 g/mol. The first-order valence-electron chi connectivity index (χ1n) is 14.4. The van der Waals surface area contributed by atoms with Crippen LogP contribution in [-0.4, -0.2) is 9.97 Å². The number of rotatable bonds is 5. The first-order chi connectivity index (χ1) is 21.0. The molecule has 0 unspecified atom stereocenters. The molecule has 0 saturated heterocycles. The van der Waals surface area contributed by atoms with Gasteiger partial charge in [0.15, 0.2) is 0 Å². The Hall–Kier alpha value is -4.63. The summed E-state index contributed by atoms with van der Waals surface area (Å²) in [4.78, 5) is 8.79. The molecule has 4 aromatic carbocycles. The normalized spacial score (nSPS) is 11.2. The second-order valence-electron chi connectivity index (χ2n) is 10.1. The predicted octanol–water partition coefficient (Wildman–Crippen LogP) is 10.3. The zero-order chi connectivity index (χ0) is 29.6. The van der Waals surface area contributed by atoms with E-state index in [9.17, 15) is 0 Å². The predicted molar refractivity (Wildman–Crippen MR) is 172 cm³/mol. The van der Waals surface area contributed by atoms with Crippen molar-refractivity contribution in [2.75, 3.05) is 0 Å². The van der Waals surface area contributed by atoms with E-state index < -0.39 is 5.89 Å². The summed E-state index contributed by atoms with van der Waals surface area (Å²) in [5, 5.41) is 1.02. The number of furan rings is 1. The Bertz CT molecular complexity index is 1900. The molecule has 0 aliphatic heterocycles. The summed E-state index contributed by atoms with van der Waals surface area (Å²) in [7, 11) is 0. The molecule has 4 heteroatoms. The van der Waals surface area contributed by atoms with Gasteiger partial charge in [0, 0.05) is 39.4 Å². The topological polar surface area (TPSA) is 38.9 Å². The van der Waals surface area contributed by atoms with E-state index in [1.165, 1.54) is 0 Å². The number of hydrogen-bond acceptors (Lipinski definition) is 3. The van der Waals surface area contributed by atoms with Crippen LogP contribution in [-0.2, 0) is 20.1 Å². The molecular weight excluding hydrogens is 705 g/mol. The Labute approximate surface area is 268 Å². The van der Waals surface area contributed by atoms with Crippen LogP contribution in [0.5, 0.6) is 0 Å². The van der Waals surface area contributed by atoms with Gasteiger partial charge in [-0.15, -0.1) is 47.5 Å². The first kappa shape index (κ1) is 28.5. The van der Waals surface area contributed by atoms with Gasteiger partial charge in [-0.2, -0.15) is 0 Å². The minimum atomic E-state index is -0.699. The van der Waals surface area contributed by atoms with E-state index >= 15 is 0 Å². The summed E-state index contributed by atoms with van der Waals surface area (Å²) >= 11 is 0. The van der Waals surface area contributed by atoms with Crippen molar-refractivity contribution in [2.24, 2.45) is 0 Å². The van der Waals surface area contributed by atoms with Crippen molar-refractivity contribution in [3.05, 3.63) is 157 Å². The summed E-state index contributed by atoms with van der Waals surface area (Å²) in [6.45, 7) is 3.76. The van der Waals surface area contributed by atoms with Gasteiger partial charge < -0.3 is 14.4 Å². The molecule has 0 aliphatic rings. The number of hydrogen-bond donors (Lipinski definition) is 0. The van der Waals surface area contributed by atoms with E-state index in [4.69, 9.17) is 5.79 Å². The molecule has 3 aromatic heterocycles. The molecule has 0 saturated carbocycles. The second-order valence-corrected chi connectivity index (χ2v) is 10.1. The smallest absolute Gasteiger partial charge is 0.123 e. The van der Waals surface area contributed by atoms with Crippen molar-refractivity contribution in [3.8, 4) is 45.0 Å². The minimum Gasteiger partial charge on any atom is -0.477 e. The number of fused-ring (bicyclic) bond motifs is 1. The van der Waals surface area contributed by atoms with Gasteiger partial charge in [-0.3, -0.25) is 0 Å². The van der Waals surface area contributed by atoms with Crippen LogP contribution in [0.4, 0.5) is 0 Å². The number of pyridine rings is 2. The maximum Gasteiger partial charge on any atom is 0.123 e. The van der Waals surface area contributed by atoms with Gasteiger partial charge >= 0.3 is 0 Å². The van der Waals surface area contributed by atoms with E-state index in [-0.39, 0.29) is 20.1 Å². The van der Waals surface area contributed by atoms with Crippen molar-refractivity contribution in [1.82, 2.24) is 9.97 Å². The molecular formula is C39H30IrN2O-2. The molecule has 0 spiro atoms. The van der Waals surface area contributed by atoms with Crippen LogP contribution < -0.4 is 0 Å².